The van der Waals surface area contributed by atoms with Crippen molar-refractivity contribution < 1.29 is 27.1 Å². The number of rotatable bonds is 8. The largest absolute Gasteiger partial charge is 0.493 e. The third-order valence-electron chi connectivity index (χ3n) is 7.23. The normalized spacial score (nSPS) is 22.7. The fourth-order valence-electron chi connectivity index (χ4n) is 4.93. The number of carbonyl (C=O) groups is 1. The summed E-state index contributed by atoms with van der Waals surface area (Å²) in [5, 5.41) is 2.78. The molecule has 0 unspecified atom stereocenters. The van der Waals surface area contributed by atoms with E-state index in [9.17, 15) is 22.4 Å². The van der Waals surface area contributed by atoms with Crippen molar-refractivity contribution in [2.24, 2.45) is 17.8 Å². The van der Waals surface area contributed by atoms with Gasteiger partial charge in [0, 0.05) is 37.6 Å². The maximum Gasteiger partial charge on any atom is 0.419 e. The molecule has 2 saturated carbocycles. The number of alkyl halides is 3. The average Bonchev–Trinajstić information content (AvgIpc) is 3.76. The molecule has 10 heteroatoms. The van der Waals surface area contributed by atoms with Gasteiger partial charge < -0.3 is 15.0 Å². The molecule has 1 saturated heterocycles. The monoisotopic (exact) mass is 492 g/mol. The van der Waals surface area contributed by atoms with E-state index in [0.717, 1.165) is 64.0 Å². The minimum absolute atomic E-state index is 0.0412. The number of nitrogens with zero attached hydrogens (tertiary/aromatic N) is 3. The molecule has 0 radical (unpaired) electrons. The molecule has 2 aliphatic carbocycles. The molecule has 2 heterocycles. The van der Waals surface area contributed by atoms with Crippen LogP contribution in [0.5, 0.6) is 5.75 Å². The van der Waals surface area contributed by atoms with E-state index < -0.39 is 17.6 Å². The summed E-state index contributed by atoms with van der Waals surface area (Å²) in [5.74, 6) is 1.59. The third kappa shape index (κ3) is 5.85. The van der Waals surface area contributed by atoms with Gasteiger partial charge in [0.15, 0.2) is 0 Å². The summed E-state index contributed by atoms with van der Waals surface area (Å²) in [5.41, 5.74) is -0.795. The lowest BCUT2D eigenvalue weighted by atomic mass is 9.90. The molecule has 6 nitrogen and oxygen atoms in total. The quantitative estimate of drug-likeness (QED) is 0.534. The number of benzene rings is 1. The summed E-state index contributed by atoms with van der Waals surface area (Å²) in [6.45, 7) is 1.96. The molecule has 2 atom stereocenters. The molecule has 5 rings (SSSR count). The Balaban J connectivity index is 1.03. The van der Waals surface area contributed by atoms with E-state index in [2.05, 4.69) is 15.3 Å². The Morgan fingerprint density at radius 1 is 1.11 bits per heavy atom. The van der Waals surface area contributed by atoms with Crippen LogP contribution in [0.15, 0.2) is 30.6 Å². The number of halogens is 4. The van der Waals surface area contributed by atoms with Crippen LogP contribution in [0.1, 0.15) is 54.4 Å². The van der Waals surface area contributed by atoms with Gasteiger partial charge in [0.1, 0.15) is 11.6 Å². The summed E-state index contributed by atoms with van der Waals surface area (Å²) in [7, 11) is 0. The summed E-state index contributed by atoms with van der Waals surface area (Å²) < 4.78 is 58.1. The van der Waals surface area contributed by atoms with Crippen molar-refractivity contribution in [1.82, 2.24) is 15.3 Å². The molecule has 1 aromatic carbocycles. The predicted octanol–water partition coefficient (Wildman–Crippen LogP) is 4.85. The number of aromatic nitrogens is 2. The molecular formula is C25H28F4N4O2. The van der Waals surface area contributed by atoms with E-state index in [1.54, 1.807) is 6.07 Å². The van der Waals surface area contributed by atoms with Gasteiger partial charge in [-0.05, 0) is 68.4 Å². The zero-order valence-corrected chi connectivity index (χ0v) is 19.2. The molecule has 35 heavy (non-hydrogen) atoms. The van der Waals surface area contributed by atoms with Gasteiger partial charge >= 0.3 is 6.18 Å². The molecule has 0 bridgehead atoms. The molecule has 1 amide bonds. The van der Waals surface area contributed by atoms with Crippen LogP contribution in [0.4, 0.5) is 23.5 Å². The topological polar surface area (TPSA) is 67.3 Å². The number of hydrogen-bond acceptors (Lipinski definition) is 5. The average molecular weight is 493 g/mol. The van der Waals surface area contributed by atoms with E-state index in [1.807, 2.05) is 4.90 Å². The molecule has 1 N–H and O–H groups in total. The van der Waals surface area contributed by atoms with Gasteiger partial charge in [-0.3, -0.25) is 4.79 Å². The minimum Gasteiger partial charge on any atom is -0.493 e. The SMILES string of the molecule is O=C(NC1CC1)c1ccc(OCC[C@@H]2C[C@@H]2C2CCN(c3ncc(C(F)(F)F)cn3)CC2)cc1F. The Kier molecular flexibility index (Phi) is 6.55. The second-order valence-corrected chi connectivity index (χ2v) is 9.78. The first-order chi connectivity index (χ1) is 16.8. The Bertz CT molecular complexity index is 1050. The van der Waals surface area contributed by atoms with E-state index >= 15 is 0 Å². The van der Waals surface area contributed by atoms with Crippen LogP contribution in [-0.2, 0) is 6.18 Å². The number of amides is 1. The van der Waals surface area contributed by atoms with Gasteiger partial charge in [0.2, 0.25) is 5.95 Å². The van der Waals surface area contributed by atoms with E-state index in [1.165, 1.54) is 12.1 Å². The van der Waals surface area contributed by atoms with Crippen molar-refractivity contribution in [2.45, 2.75) is 50.7 Å². The Labute approximate surface area is 201 Å². The van der Waals surface area contributed by atoms with Crippen molar-refractivity contribution in [3.63, 3.8) is 0 Å². The highest BCUT2D eigenvalue weighted by molar-refractivity contribution is 5.95. The standard InChI is InChI=1S/C25H28F4N4O2/c26-22-12-19(3-4-20(22)23(34)32-18-1-2-18)35-10-7-16-11-21(16)15-5-8-33(9-6-15)24-30-13-17(14-31-24)25(27,28)29/h3-4,12-16,18,21H,1-2,5-11H2,(H,32,34)/t16-,21-/m1/s1. The van der Waals surface area contributed by atoms with Crippen molar-refractivity contribution in [2.75, 3.05) is 24.6 Å². The lowest BCUT2D eigenvalue weighted by Gasteiger charge is -2.32. The van der Waals surface area contributed by atoms with Gasteiger partial charge in [-0.15, -0.1) is 0 Å². The molecule has 1 aromatic heterocycles. The van der Waals surface area contributed by atoms with Crippen LogP contribution in [0, 0.1) is 23.6 Å². The first-order valence-electron chi connectivity index (χ1n) is 12.2. The minimum atomic E-state index is -4.43. The second-order valence-electron chi connectivity index (χ2n) is 9.78. The number of carbonyl (C=O) groups excluding carboxylic acids is 1. The smallest absolute Gasteiger partial charge is 0.419 e. The van der Waals surface area contributed by atoms with Crippen LogP contribution in [-0.4, -0.2) is 41.6 Å². The zero-order chi connectivity index (χ0) is 24.6. The summed E-state index contributed by atoms with van der Waals surface area (Å²) >= 11 is 0. The maximum absolute atomic E-state index is 14.3. The first-order valence-corrected chi connectivity index (χ1v) is 12.2. The summed E-state index contributed by atoms with van der Waals surface area (Å²) in [4.78, 5) is 21.8. The molecule has 3 aliphatic rings. The van der Waals surface area contributed by atoms with Crippen LogP contribution >= 0.6 is 0 Å². The molecule has 3 fully saturated rings. The van der Waals surface area contributed by atoms with Gasteiger partial charge in [-0.2, -0.15) is 13.2 Å². The molecule has 2 aromatic rings. The number of ether oxygens (including phenoxy) is 1. The molecular weight excluding hydrogens is 464 g/mol. The van der Waals surface area contributed by atoms with E-state index in [0.29, 0.717) is 36.1 Å². The molecule has 188 valence electrons. The van der Waals surface area contributed by atoms with Crippen molar-refractivity contribution in [1.29, 1.82) is 0 Å². The van der Waals surface area contributed by atoms with Crippen LogP contribution in [0.3, 0.4) is 0 Å². The maximum atomic E-state index is 14.3. The van der Waals surface area contributed by atoms with Gasteiger partial charge in [0.25, 0.3) is 5.91 Å². The van der Waals surface area contributed by atoms with Crippen molar-refractivity contribution in [3.05, 3.63) is 47.5 Å². The first kappa shape index (κ1) is 23.8. The molecule has 0 spiro atoms. The Morgan fingerprint density at radius 3 is 2.46 bits per heavy atom. The summed E-state index contributed by atoms with van der Waals surface area (Å²) in [6.07, 6.45) is 3.09. The predicted molar refractivity (Wildman–Crippen MR) is 121 cm³/mol. The number of hydrogen-bond donors (Lipinski definition) is 1. The lowest BCUT2D eigenvalue weighted by Crippen LogP contribution is -2.35. The van der Waals surface area contributed by atoms with E-state index in [-0.39, 0.29) is 17.5 Å². The highest BCUT2D eigenvalue weighted by atomic mass is 19.4. The fourth-order valence-corrected chi connectivity index (χ4v) is 4.93. The van der Waals surface area contributed by atoms with Crippen molar-refractivity contribution >= 4 is 11.9 Å². The third-order valence-corrected chi connectivity index (χ3v) is 7.23. The van der Waals surface area contributed by atoms with Crippen molar-refractivity contribution in [3.8, 4) is 5.75 Å². The number of anilines is 1. The Hall–Kier alpha value is -2.91. The van der Waals surface area contributed by atoms with Gasteiger partial charge in [-0.25, -0.2) is 14.4 Å². The lowest BCUT2D eigenvalue weighted by molar-refractivity contribution is -0.138. The van der Waals surface area contributed by atoms with Crippen LogP contribution < -0.4 is 15.0 Å². The Morgan fingerprint density at radius 2 is 1.83 bits per heavy atom. The van der Waals surface area contributed by atoms with E-state index in [4.69, 9.17) is 4.74 Å². The number of nitrogens with one attached hydrogen (secondary N) is 1. The summed E-state index contributed by atoms with van der Waals surface area (Å²) in [6, 6.07) is 4.55. The fraction of sp³-hybridized carbons (Fsp3) is 0.560. The second kappa shape index (κ2) is 9.62. The highest BCUT2D eigenvalue weighted by Crippen LogP contribution is 2.50. The molecule has 1 aliphatic heterocycles. The number of piperidine rings is 1. The van der Waals surface area contributed by atoms with Gasteiger partial charge in [-0.1, -0.05) is 0 Å². The van der Waals surface area contributed by atoms with Gasteiger partial charge in [0.05, 0.1) is 17.7 Å². The zero-order valence-electron chi connectivity index (χ0n) is 19.2. The highest BCUT2D eigenvalue weighted by Gasteiger charge is 2.43. The van der Waals surface area contributed by atoms with Crippen LogP contribution in [0.2, 0.25) is 0 Å². The van der Waals surface area contributed by atoms with Crippen LogP contribution in [0.25, 0.3) is 0 Å².